The van der Waals surface area contributed by atoms with Gasteiger partial charge in [-0.05, 0) is 39.2 Å². The van der Waals surface area contributed by atoms with Crippen molar-refractivity contribution in [3.63, 3.8) is 0 Å². The Morgan fingerprint density at radius 3 is 3.14 bits per heavy atom. The number of fused-ring (bicyclic) bond motifs is 1. The van der Waals surface area contributed by atoms with Crippen LogP contribution in [0.25, 0.3) is 0 Å². The molecule has 0 aromatic carbocycles. The van der Waals surface area contributed by atoms with Crippen molar-refractivity contribution >= 4 is 5.91 Å². The first-order valence-corrected chi connectivity index (χ1v) is 7.85. The van der Waals surface area contributed by atoms with Gasteiger partial charge >= 0.3 is 0 Å². The molecule has 1 unspecified atom stereocenters. The molecule has 6 nitrogen and oxygen atoms in total. The highest BCUT2D eigenvalue weighted by molar-refractivity contribution is 5.79. The molecular formula is C16H22N4O2. The lowest BCUT2D eigenvalue weighted by Gasteiger charge is -2.22. The van der Waals surface area contributed by atoms with E-state index in [0.29, 0.717) is 6.54 Å². The van der Waals surface area contributed by atoms with Crippen molar-refractivity contribution < 1.29 is 9.32 Å². The lowest BCUT2D eigenvalue weighted by atomic mass is 9.95. The van der Waals surface area contributed by atoms with Crippen LogP contribution in [0.3, 0.4) is 0 Å². The normalized spacial score (nSPS) is 17.3. The minimum Gasteiger partial charge on any atom is -0.361 e. The Kier molecular flexibility index (Phi) is 4.27. The first kappa shape index (κ1) is 14.8. The molecule has 6 heteroatoms. The molecule has 0 aliphatic carbocycles. The third-order valence-electron chi connectivity index (χ3n) is 4.40. The van der Waals surface area contributed by atoms with Gasteiger partial charge in [-0.2, -0.15) is 5.10 Å². The Morgan fingerprint density at radius 1 is 1.50 bits per heavy atom. The molecule has 1 amide bonds. The zero-order valence-electron chi connectivity index (χ0n) is 13.1. The van der Waals surface area contributed by atoms with Crippen molar-refractivity contribution in [1.29, 1.82) is 0 Å². The summed E-state index contributed by atoms with van der Waals surface area (Å²) >= 11 is 0. The maximum Gasteiger partial charge on any atom is 0.223 e. The van der Waals surface area contributed by atoms with Gasteiger partial charge in [0.1, 0.15) is 5.76 Å². The second-order valence-corrected chi connectivity index (χ2v) is 5.93. The fourth-order valence-corrected chi connectivity index (χ4v) is 3.07. The van der Waals surface area contributed by atoms with Gasteiger partial charge in [0.05, 0.1) is 5.69 Å². The molecule has 1 aliphatic heterocycles. The zero-order valence-corrected chi connectivity index (χ0v) is 13.1. The predicted octanol–water partition coefficient (Wildman–Crippen LogP) is 1.80. The number of nitrogens with one attached hydrogen (secondary N) is 1. The number of carbonyl (C=O) groups excluding carboxylic acids is 1. The first-order valence-electron chi connectivity index (χ1n) is 7.85. The molecule has 0 fully saturated rings. The second kappa shape index (κ2) is 6.34. The van der Waals surface area contributed by atoms with Crippen LogP contribution in [0.4, 0.5) is 0 Å². The summed E-state index contributed by atoms with van der Waals surface area (Å²) in [7, 11) is 0. The molecule has 3 rings (SSSR count). The van der Waals surface area contributed by atoms with Gasteiger partial charge in [0.15, 0.2) is 0 Å². The van der Waals surface area contributed by atoms with Gasteiger partial charge in [0.2, 0.25) is 5.91 Å². The quantitative estimate of drug-likeness (QED) is 0.855. The third-order valence-corrected chi connectivity index (χ3v) is 4.40. The highest BCUT2D eigenvalue weighted by Gasteiger charge is 2.24. The molecule has 1 N–H and O–H groups in total. The maximum atomic E-state index is 12.3. The van der Waals surface area contributed by atoms with Gasteiger partial charge in [-0.25, -0.2) is 0 Å². The number of hydrogen-bond donors (Lipinski definition) is 1. The van der Waals surface area contributed by atoms with E-state index in [-0.39, 0.29) is 11.8 Å². The van der Waals surface area contributed by atoms with E-state index in [2.05, 4.69) is 15.6 Å². The summed E-state index contributed by atoms with van der Waals surface area (Å²) in [6.07, 6.45) is 5.25. The van der Waals surface area contributed by atoms with E-state index >= 15 is 0 Å². The smallest absolute Gasteiger partial charge is 0.223 e. The molecule has 0 bridgehead atoms. The van der Waals surface area contributed by atoms with Crippen LogP contribution in [0.5, 0.6) is 0 Å². The van der Waals surface area contributed by atoms with Crippen LogP contribution >= 0.6 is 0 Å². The maximum absolute atomic E-state index is 12.3. The van der Waals surface area contributed by atoms with Gasteiger partial charge in [0, 0.05) is 42.9 Å². The van der Waals surface area contributed by atoms with E-state index in [0.717, 1.165) is 54.9 Å². The Labute approximate surface area is 129 Å². The fourth-order valence-electron chi connectivity index (χ4n) is 3.07. The first-order chi connectivity index (χ1) is 10.6. The molecule has 118 valence electrons. The molecule has 0 spiro atoms. The minimum atomic E-state index is 0.0725. The van der Waals surface area contributed by atoms with Crippen molar-refractivity contribution in [2.45, 2.75) is 46.1 Å². The molecule has 0 radical (unpaired) electrons. The highest BCUT2D eigenvalue weighted by Crippen LogP contribution is 2.19. The van der Waals surface area contributed by atoms with E-state index < -0.39 is 0 Å². The van der Waals surface area contributed by atoms with Crippen LogP contribution in [0.2, 0.25) is 0 Å². The average Bonchev–Trinajstić information content (AvgIpc) is 3.10. The number of hydrogen-bond acceptors (Lipinski definition) is 4. The molecule has 2 aromatic heterocycles. The van der Waals surface area contributed by atoms with Gasteiger partial charge < -0.3 is 9.84 Å². The van der Waals surface area contributed by atoms with Crippen LogP contribution in [0.1, 0.15) is 35.6 Å². The summed E-state index contributed by atoms with van der Waals surface area (Å²) in [6.45, 7) is 5.41. The number of carbonyl (C=O) groups is 1. The Balaban J connectivity index is 1.44. The minimum absolute atomic E-state index is 0.0725. The molecule has 1 aliphatic rings. The van der Waals surface area contributed by atoms with Crippen LogP contribution in [-0.4, -0.2) is 27.4 Å². The SMILES string of the molecule is Cc1noc(C)c1CCCNC(=O)C1CCn2nccc2C1. The number of rotatable bonds is 5. The number of nitrogens with zero attached hydrogens (tertiary/aromatic N) is 3. The standard InChI is InChI=1S/C16H22N4O2/c1-11-15(12(2)22-19-11)4-3-7-17-16(21)13-6-9-20-14(10-13)5-8-18-20/h5,8,13H,3-4,6-7,9-10H2,1-2H3,(H,17,21). The van der Waals surface area contributed by atoms with Crippen molar-refractivity contribution in [1.82, 2.24) is 20.3 Å². The Bertz CT molecular complexity index is 639. The average molecular weight is 302 g/mol. The van der Waals surface area contributed by atoms with E-state index in [1.165, 1.54) is 0 Å². The van der Waals surface area contributed by atoms with Crippen molar-refractivity contribution in [2.24, 2.45) is 5.92 Å². The summed E-state index contributed by atoms with van der Waals surface area (Å²) in [6, 6.07) is 2.00. The predicted molar refractivity (Wildman–Crippen MR) is 81.3 cm³/mol. The second-order valence-electron chi connectivity index (χ2n) is 5.93. The molecular weight excluding hydrogens is 280 g/mol. The molecule has 0 saturated heterocycles. The Morgan fingerprint density at radius 2 is 2.36 bits per heavy atom. The van der Waals surface area contributed by atoms with Gasteiger partial charge in [-0.3, -0.25) is 9.48 Å². The lowest BCUT2D eigenvalue weighted by molar-refractivity contribution is -0.125. The number of amides is 1. The summed E-state index contributed by atoms with van der Waals surface area (Å²) in [5.74, 6) is 1.11. The van der Waals surface area contributed by atoms with Crippen LogP contribution in [0, 0.1) is 19.8 Å². The summed E-state index contributed by atoms with van der Waals surface area (Å²) < 4.78 is 7.14. The van der Waals surface area contributed by atoms with Crippen LogP contribution in [0.15, 0.2) is 16.8 Å². The van der Waals surface area contributed by atoms with Gasteiger partial charge in [0.25, 0.3) is 0 Å². The molecule has 0 saturated carbocycles. The van der Waals surface area contributed by atoms with Crippen molar-refractivity contribution in [3.8, 4) is 0 Å². The number of aryl methyl sites for hydroxylation is 3. The lowest BCUT2D eigenvalue weighted by Crippen LogP contribution is -2.36. The zero-order chi connectivity index (χ0) is 15.5. The molecule has 2 aromatic rings. The molecule has 1 atom stereocenters. The van der Waals surface area contributed by atoms with E-state index in [1.807, 2.05) is 24.6 Å². The molecule has 3 heterocycles. The van der Waals surface area contributed by atoms with Crippen LogP contribution < -0.4 is 5.32 Å². The third kappa shape index (κ3) is 3.05. The Hall–Kier alpha value is -2.11. The number of aromatic nitrogens is 3. The summed E-state index contributed by atoms with van der Waals surface area (Å²) in [5.41, 5.74) is 3.27. The van der Waals surface area contributed by atoms with Crippen LogP contribution in [-0.2, 0) is 24.2 Å². The van der Waals surface area contributed by atoms with E-state index in [9.17, 15) is 4.79 Å². The monoisotopic (exact) mass is 302 g/mol. The topological polar surface area (TPSA) is 73.0 Å². The highest BCUT2D eigenvalue weighted by atomic mass is 16.5. The van der Waals surface area contributed by atoms with Crippen molar-refractivity contribution in [2.75, 3.05) is 6.54 Å². The van der Waals surface area contributed by atoms with Gasteiger partial charge in [-0.15, -0.1) is 0 Å². The summed E-state index contributed by atoms with van der Waals surface area (Å²) in [5, 5.41) is 11.2. The van der Waals surface area contributed by atoms with E-state index in [4.69, 9.17) is 4.52 Å². The van der Waals surface area contributed by atoms with Gasteiger partial charge in [-0.1, -0.05) is 5.16 Å². The summed E-state index contributed by atoms with van der Waals surface area (Å²) in [4.78, 5) is 12.3. The molecule has 22 heavy (non-hydrogen) atoms. The fraction of sp³-hybridized carbons (Fsp3) is 0.562. The largest absolute Gasteiger partial charge is 0.361 e. The van der Waals surface area contributed by atoms with Crippen molar-refractivity contribution in [3.05, 3.63) is 35.0 Å². The van der Waals surface area contributed by atoms with E-state index in [1.54, 1.807) is 6.20 Å².